The Bertz CT molecular complexity index is 449. The second-order valence-corrected chi connectivity index (χ2v) is 4.32. The van der Waals surface area contributed by atoms with Gasteiger partial charge in [0.15, 0.2) is 0 Å². The summed E-state index contributed by atoms with van der Waals surface area (Å²) in [4.78, 5) is 1.40. The van der Waals surface area contributed by atoms with Crippen molar-refractivity contribution in [3.8, 4) is 0 Å². The van der Waals surface area contributed by atoms with Crippen LogP contribution in [0.5, 0.6) is 0 Å². The molecule has 0 bridgehead atoms. The molecule has 0 fully saturated rings. The number of rotatable bonds is 1. The third kappa shape index (κ3) is 2.48. The van der Waals surface area contributed by atoms with E-state index < -0.39 is 0 Å². The molecule has 0 saturated heterocycles. The van der Waals surface area contributed by atoms with Gasteiger partial charge in [0.1, 0.15) is 0 Å². The summed E-state index contributed by atoms with van der Waals surface area (Å²) in [6, 6.07) is 8.56. The van der Waals surface area contributed by atoms with E-state index in [1.165, 1.54) is 20.5 Å². The number of allylic oxidation sites excluding steroid dienone is 1. The normalized spacial score (nSPS) is 10.4. The number of benzene rings is 1. The smallest absolute Gasteiger partial charge is 0.0351 e. The zero-order chi connectivity index (χ0) is 11.3. The Balaban J connectivity index is 0.000000531. The topological polar surface area (TPSA) is 0 Å². The predicted molar refractivity (Wildman–Crippen MR) is 72.6 cm³/mol. The van der Waals surface area contributed by atoms with Crippen LogP contribution in [0.4, 0.5) is 0 Å². The van der Waals surface area contributed by atoms with E-state index in [0.29, 0.717) is 0 Å². The van der Waals surface area contributed by atoms with Crippen molar-refractivity contribution in [3.63, 3.8) is 0 Å². The summed E-state index contributed by atoms with van der Waals surface area (Å²) >= 11 is 1.87. The summed E-state index contributed by atoms with van der Waals surface area (Å²) in [5.74, 6) is 0. The van der Waals surface area contributed by atoms with Gasteiger partial charge in [-0.2, -0.15) is 0 Å². The molecule has 0 aliphatic rings. The summed E-state index contributed by atoms with van der Waals surface area (Å²) in [6.07, 6.45) is 4.29. The molecule has 0 radical (unpaired) electrons. The van der Waals surface area contributed by atoms with Crippen LogP contribution in [0.1, 0.15) is 31.2 Å². The van der Waals surface area contributed by atoms with Gasteiger partial charge in [-0.1, -0.05) is 44.2 Å². The van der Waals surface area contributed by atoms with Crippen LogP contribution < -0.4 is 0 Å². The maximum Gasteiger partial charge on any atom is 0.0351 e. The molecule has 2 aromatic rings. The second kappa shape index (κ2) is 5.72. The molecule has 1 heteroatoms. The third-order valence-electron chi connectivity index (χ3n) is 2.15. The highest BCUT2D eigenvalue weighted by Gasteiger charge is 2.03. The van der Waals surface area contributed by atoms with Gasteiger partial charge >= 0.3 is 0 Å². The monoisotopic (exact) mass is 218 g/mol. The lowest BCUT2D eigenvalue weighted by Gasteiger charge is -1.91. The third-order valence-corrected chi connectivity index (χ3v) is 3.25. The lowest BCUT2D eigenvalue weighted by molar-refractivity contribution is 1.50. The summed E-state index contributed by atoms with van der Waals surface area (Å²) in [7, 11) is 0. The van der Waals surface area contributed by atoms with Crippen LogP contribution in [0, 0.1) is 6.92 Å². The van der Waals surface area contributed by atoms with Crippen molar-refractivity contribution in [2.75, 3.05) is 0 Å². The van der Waals surface area contributed by atoms with E-state index in [-0.39, 0.29) is 0 Å². The quantitative estimate of drug-likeness (QED) is 0.611. The van der Waals surface area contributed by atoms with Crippen LogP contribution in [0.25, 0.3) is 16.2 Å². The molecule has 0 amide bonds. The lowest BCUT2D eigenvalue weighted by Crippen LogP contribution is -1.70. The fourth-order valence-electron chi connectivity index (χ4n) is 1.56. The Hall–Kier alpha value is -1.08. The van der Waals surface area contributed by atoms with E-state index in [2.05, 4.69) is 50.3 Å². The van der Waals surface area contributed by atoms with Crippen molar-refractivity contribution in [1.29, 1.82) is 0 Å². The van der Waals surface area contributed by atoms with Gasteiger partial charge in [0, 0.05) is 9.58 Å². The van der Waals surface area contributed by atoms with E-state index in [4.69, 9.17) is 0 Å². The predicted octanol–water partition coefficient (Wildman–Crippen LogP) is 5.27. The van der Waals surface area contributed by atoms with Crippen molar-refractivity contribution in [2.45, 2.75) is 27.7 Å². The summed E-state index contributed by atoms with van der Waals surface area (Å²) in [5.41, 5.74) is 1.38. The number of hydrogen-bond donors (Lipinski definition) is 0. The molecule has 0 saturated carbocycles. The van der Waals surface area contributed by atoms with E-state index in [9.17, 15) is 0 Å². The lowest BCUT2D eigenvalue weighted by atomic mass is 10.1. The zero-order valence-corrected chi connectivity index (χ0v) is 10.7. The minimum atomic E-state index is 1.38. The summed E-state index contributed by atoms with van der Waals surface area (Å²) < 4.78 is 1.38. The van der Waals surface area contributed by atoms with Gasteiger partial charge in [-0.3, -0.25) is 0 Å². The maximum atomic E-state index is 2.19. The van der Waals surface area contributed by atoms with Crippen LogP contribution in [0.2, 0.25) is 0 Å². The standard InChI is InChI=1S/C12H12S.C2H6/c1-3-6-10-9(2)13-12-8-5-4-7-11(10)12;1-2/h3-8H,1-2H3;1-2H3/b6-3-;. The minimum Gasteiger partial charge on any atom is -0.140 e. The van der Waals surface area contributed by atoms with Crippen molar-refractivity contribution < 1.29 is 0 Å². The number of aryl methyl sites for hydroxylation is 1. The van der Waals surface area contributed by atoms with E-state index in [1.54, 1.807) is 0 Å². The first-order valence-electron chi connectivity index (χ1n) is 5.43. The van der Waals surface area contributed by atoms with Gasteiger partial charge in [0.2, 0.25) is 0 Å². The van der Waals surface area contributed by atoms with E-state index in [0.717, 1.165) is 0 Å². The van der Waals surface area contributed by atoms with Crippen LogP contribution in [0.15, 0.2) is 30.3 Å². The first-order valence-corrected chi connectivity index (χ1v) is 6.25. The Labute approximate surface area is 96.3 Å². The number of fused-ring (bicyclic) bond motifs is 1. The van der Waals surface area contributed by atoms with Gasteiger partial charge in [0.05, 0.1) is 0 Å². The second-order valence-electron chi connectivity index (χ2n) is 3.07. The molecule has 0 aliphatic carbocycles. The molecule has 0 unspecified atom stereocenters. The highest BCUT2D eigenvalue weighted by Crippen LogP contribution is 2.31. The molecule has 1 heterocycles. The Morgan fingerprint density at radius 3 is 2.47 bits per heavy atom. The summed E-state index contributed by atoms with van der Waals surface area (Å²) in [5, 5.41) is 1.38. The van der Waals surface area contributed by atoms with Gasteiger partial charge in [-0.25, -0.2) is 0 Å². The fraction of sp³-hybridized carbons (Fsp3) is 0.286. The first-order chi connectivity index (χ1) is 7.33. The zero-order valence-electron chi connectivity index (χ0n) is 9.87. The van der Waals surface area contributed by atoms with Crippen LogP contribution >= 0.6 is 11.3 Å². The molecular weight excluding hydrogens is 200 g/mol. The maximum absolute atomic E-state index is 2.19. The van der Waals surface area contributed by atoms with Gasteiger partial charge < -0.3 is 0 Å². The van der Waals surface area contributed by atoms with Crippen LogP contribution in [-0.2, 0) is 0 Å². The molecule has 2 rings (SSSR count). The van der Waals surface area contributed by atoms with Crippen molar-refractivity contribution >= 4 is 27.5 Å². The molecular formula is C14H18S. The molecule has 0 atom stereocenters. The van der Waals surface area contributed by atoms with Crippen molar-refractivity contribution in [3.05, 3.63) is 40.8 Å². The number of hydrogen-bond acceptors (Lipinski definition) is 1. The average molecular weight is 218 g/mol. The minimum absolute atomic E-state index is 1.38. The molecule has 1 aromatic carbocycles. The first kappa shape index (κ1) is 12.0. The fourth-order valence-corrected chi connectivity index (χ4v) is 2.61. The molecule has 0 nitrogen and oxygen atoms in total. The average Bonchev–Trinajstić information content (AvgIpc) is 2.59. The van der Waals surface area contributed by atoms with Crippen molar-refractivity contribution in [2.24, 2.45) is 0 Å². The molecule has 0 N–H and O–H groups in total. The highest BCUT2D eigenvalue weighted by atomic mass is 32.1. The van der Waals surface area contributed by atoms with Gasteiger partial charge in [-0.15, -0.1) is 11.3 Å². The highest BCUT2D eigenvalue weighted by molar-refractivity contribution is 7.19. The van der Waals surface area contributed by atoms with E-state index in [1.807, 2.05) is 25.2 Å². The SMILES string of the molecule is C/C=C\c1c(C)sc2ccccc12.CC. The largest absolute Gasteiger partial charge is 0.140 e. The van der Waals surface area contributed by atoms with E-state index >= 15 is 0 Å². The molecule has 80 valence electrons. The molecule has 1 aromatic heterocycles. The molecule has 0 spiro atoms. The Morgan fingerprint density at radius 1 is 1.13 bits per heavy atom. The number of thiophene rings is 1. The van der Waals surface area contributed by atoms with Crippen molar-refractivity contribution in [1.82, 2.24) is 0 Å². The molecule has 15 heavy (non-hydrogen) atoms. The molecule has 0 aliphatic heterocycles. The Morgan fingerprint density at radius 2 is 1.80 bits per heavy atom. The van der Waals surface area contributed by atoms with Crippen LogP contribution in [0.3, 0.4) is 0 Å². The van der Waals surface area contributed by atoms with Gasteiger partial charge in [0.25, 0.3) is 0 Å². The van der Waals surface area contributed by atoms with Crippen LogP contribution in [-0.4, -0.2) is 0 Å². The Kier molecular flexibility index (Phi) is 4.57. The van der Waals surface area contributed by atoms with Gasteiger partial charge in [-0.05, 0) is 30.9 Å². The summed E-state index contributed by atoms with van der Waals surface area (Å²) in [6.45, 7) is 8.24.